The van der Waals surface area contributed by atoms with Gasteiger partial charge in [0.2, 0.25) is 0 Å². The minimum atomic E-state index is 0.0883. The topological polar surface area (TPSA) is 42.4 Å². The molecule has 140 valence electrons. The highest BCUT2D eigenvalue weighted by molar-refractivity contribution is 5.97. The molecule has 2 aliphatic rings. The minimum Gasteiger partial charge on any atom is -0.488 e. The molecule has 0 radical (unpaired) electrons. The molecule has 1 aromatic carbocycles. The lowest BCUT2D eigenvalue weighted by Crippen LogP contribution is -2.46. The average molecular weight is 362 g/mol. The molecule has 0 N–H and O–H groups in total. The van der Waals surface area contributed by atoms with Crippen molar-refractivity contribution < 1.29 is 9.53 Å². The second-order valence-electron chi connectivity index (χ2n) is 7.69. The zero-order valence-corrected chi connectivity index (χ0v) is 15.6. The summed E-state index contributed by atoms with van der Waals surface area (Å²) < 4.78 is 5.97. The maximum Gasteiger partial charge on any atom is 0.257 e. The number of aromatic nitrogens is 1. The third kappa shape index (κ3) is 4.05. The molecule has 4 rings (SSSR count). The number of carbonyl (C=O) groups is 1. The molecule has 1 saturated heterocycles. The van der Waals surface area contributed by atoms with Crippen molar-refractivity contribution in [2.24, 2.45) is 5.41 Å². The van der Waals surface area contributed by atoms with Crippen molar-refractivity contribution in [3.8, 4) is 5.75 Å². The van der Waals surface area contributed by atoms with Gasteiger partial charge in [-0.3, -0.25) is 9.78 Å². The molecule has 1 spiro atoms. The number of rotatable bonds is 4. The van der Waals surface area contributed by atoms with Crippen LogP contribution in [0.25, 0.3) is 0 Å². The summed E-state index contributed by atoms with van der Waals surface area (Å²) in [6.45, 7) is 2.10. The number of hydrogen-bond acceptors (Lipinski definition) is 3. The number of amides is 1. The zero-order valence-electron chi connectivity index (χ0n) is 15.6. The maximum atomic E-state index is 13.3. The van der Waals surface area contributed by atoms with Crippen molar-refractivity contribution >= 4 is 5.91 Å². The fraction of sp³-hybridized carbons (Fsp3) is 0.391. The fourth-order valence-electron chi connectivity index (χ4n) is 4.28. The third-order valence-electron chi connectivity index (χ3n) is 5.74. The van der Waals surface area contributed by atoms with Crippen LogP contribution in [0.1, 0.15) is 48.0 Å². The molecule has 1 aromatic heterocycles. The van der Waals surface area contributed by atoms with E-state index in [0.29, 0.717) is 17.9 Å². The predicted octanol–water partition coefficient (Wildman–Crippen LogP) is 4.62. The van der Waals surface area contributed by atoms with E-state index in [1.165, 1.54) is 12.8 Å². The van der Waals surface area contributed by atoms with E-state index in [1.54, 1.807) is 12.4 Å². The SMILES string of the molecule is O=C(c1ccccc1OCc1cccnc1)N1CCC[C@]2(CC=CCC2)C1. The van der Waals surface area contributed by atoms with Crippen molar-refractivity contribution in [2.75, 3.05) is 13.1 Å². The zero-order chi connectivity index (χ0) is 18.5. The minimum absolute atomic E-state index is 0.0883. The molecule has 0 bridgehead atoms. The van der Waals surface area contributed by atoms with Crippen molar-refractivity contribution in [1.82, 2.24) is 9.88 Å². The van der Waals surface area contributed by atoms with E-state index in [2.05, 4.69) is 17.1 Å². The molecule has 1 amide bonds. The van der Waals surface area contributed by atoms with Crippen LogP contribution in [0.5, 0.6) is 5.75 Å². The molecule has 0 unspecified atom stereocenters. The Morgan fingerprint density at radius 2 is 2.07 bits per heavy atom. The van der Waals surface area contributed by atoms with E-state index in [0.717, 1.165) is 37.9 Å². The third-order valence-corrected chi connectivity index (χ3v) is 5.74. The van der Waals surface area contributed by atoms with Gasteiger partial charge in [0.1, 0.15) is 12.4 Å². The van der Waals surface area contributed by atoms with Crippen LogP contribution >= 0.6 is 0 Å². The van der Waals surface area contributed by atoms with Crippen LogP contribution in [0.3, 0.4) is 0 Å². The average Bonchev–Trinajstić information content (AvgIpc) is 2.73. The van der Waals surface area contributed by atoms with Crippen LogP contribution in [0.2, 0.25) is 0 Å². The summed E-state index contributed by atoms with van der Waals surface area (Å²) in [7, 11) is 0. The molecular formula is C23H26N2O2. The molecule has 1 aliphatic heterocycles. The Morgan fingerprint density at radius 1 is 1.15 bits per heavy atom. The van der Waals surface area contributed by atoms with Gasteiger partial charge in [-0.15, -0.1) is 0 Å². The van der Waals surface area contributed by atoms with Gasteiger partial charge in [-0.2, -0.15) is 0 Å². The second-order valence-corrected chi connectivity index (χ2v) is 7.69. The smallest absolute Gasteiger partial charge is 0.257 e. The van der Waals surface area contributed by atoms with Gasteiger partial charge < -0.3 is 9.64 Å². The van der Waals surface area contributed by atoms with Gasteiger partial charge in [0.05, 0.1) is 5.56 Å². The van der Waals surface area contributed by atoms with Crippen LogP contribution in [0.4, 0.5) is 0 Å². The van der Waals surface area contributed by atoms with E-state index < -0.39 is 0 Å². The molecule has 1 atom stereocenters. The summed E-state index contributed by atoms with van der Waals surface area (Å²) in [6, 6.07) is 11.5. The molecule has 2 heterocycles. The lowest BCUT2D eigenvalue weighted by molar-refractivity contribution is 0.0480. The van der Waals surface area contributed by atoms with E-state index >= 15 is 0 Å². The Labute approximate surface area is 160 Å². The first kappa shape index (κ1) is 17.8. The Hall–Kier alpha value is -2.62. The quantitative estimate of drug-likeness (QED) is 0.745. The Bertz CT molecular complexity index is 818. The molecule has 27 heavy (non-hydrogen) atoms. The van der Waals surface area contributed by atoms with Crippen molar-refractivity contribution in [3.63, 3.8) is 0 Å². The van der Waals surface area contributed by atoms with E-state index in [1.807, 2.05) is 41.3 Å². The lowest BCUT2D eigenvalue weighted by Gasteiger charge is -2.44. The molecule has 1 aliphatic carbocycles. The van der Waals surface area contributed by atoms with Gasteiger partial charge in [-0.05, 0) is 55.7 Å². The summed E-state index contributed by atoms with van der Waals surface area (Å²) >= 11 is 0. The van der Waals surface area contributed by atoms with E-state index in [9.17, 15) is 4.79 Å². The number of pyridine rings is 1. The van der Waals surface area contributed by atoms with Gasteiger partial charge >= 0.3 is 0 Å². The summed E-state index contributed by atoms with van der Waals surface area (Å²) in [6.07, 6.45) is 13.8. The highest BCUT2D eigenvalue weighted by Gasteiger charge is 2.37. The van der Waals surface area contributed by atoms with Gasteiger partial charge in [0, 0.05) is 31.0 Å². The molecule has 2 aromatic rings. The summed E-state index contributed by atoms with van der Waals surface area (Å²) in [4.78, 5) is 19.4. The second kappa shape index (κ2) is 7.95. The number of nitrogens with zero attached hydrogens (tertiary/aromatic N) is 2. The van der Waals surface area contributed by atoms with Gasteiger partial charge in [0.25, 0.3) is 5.91 Å². The first-order valence-electron chi connectivity index (χ1n) is 9.81. The van der Waals surface area contributed by atoms with Crippen molar-refractivity contribution in [2.45, 2.75) is 38.7 Å². The van der Waals surface area contributed by atoms with Crippen molar-refractivity contribution in [1.29, 1.82) is 0 Å². The summed E-state index contributed by atoms with van der Waals surface area (Å²) in [5.74, 6) is 0.736. The molecule has 0 saturated carbocycles. The number of likely N-dealkylation sites (tertiary alicyclic amines) is 1. The van der Waals surface area contributed by atoms with Crippen LogP contribution in [0.15, 0.2) is 60.9 Å². The Balaban J connectivity index is 1.49. The molecular weight excluding hydrogens is 336 g/mol. The number of benzene rings is 1. The van der Waals surface area contributed by atoms with Gasteiger partial charge in [-0.1, -0.05) is 30.4 Å². The van der Waals surface area contributed by atoms with Crippen LogP contribution in [0, 0.1) is 5.41 Å². The first-order valence-corrected chi connectivity index (χ1v) is 9.81. The number of ether oxygens (including phenoxy) is 1. The first-order chi connectivity index (χ1) is 13.3. The lowest BCUT2D eigenvalue weighted by atomic mass is 9.71. The number of para-hydroxylation sites is 1. The van der Waals surface area contributed by atoms with Crippen LogP contribution in [-0.4, -0.2) is 28.9 Å². The monoisotopic (exact) mass is 362 g/mol. The Kier molecular flexibility index (Phi) is 5.23. The van der Waals surface area contributed by atoms with E-state index in [4.69, 9.17) is 4.74 Å². The molecule has 4 heteroatoms. The molecule has 4 nitrogen and oxygen atoms in total. The van der Waals surface area contributed by atoms with Gasteiger partial charge in [-0.25, -0.2) is 0 Å². The molecule has 1 fully saturated rings. The van der Waals surface area contributed by atoms with E-state index in [-0.39, 0.29) is 11.3 Å². The fourth-order valence-corrected chi connectivity index (χ4v) is 4.28. The van der Waals surface area contributed by atoms with Crippen molar-refractivity contribution in [3.05, 3.63) is 72.1 Å². The normalized spacial score (nSPS) is 22.0. The maximum absolute atomic E-state index is 13.3. The highest BCUT2D eigenvalue weighted by atomic mass is 16.5. The predicted molar refractivity (Wildman–Crippen MR) is 106 cm³/mol. The van der Waals surface area contributed by atoms with Crippen LogP contribution < -0.4 is 4.74 Å². The largest absolute Gasteiger partial charge is 0.488 e. The van der Waals surface area contributed by atoms with Gasteiger partial charge in [0.15, 0.2) is 0 Å². The number of hydrogen-bond donors (Lipinski definition) is 0. The number of piperidine rings is 1. The Morgan fingerprint density at radius 3 is 2.89 bits per heavy atom. The summed E-state index contributed by atoms with van der Waals surface area (Å²) in [5, 5.41) is 0. The highest BCUT2D eigenvalue weighted by Crippen LogP contribution is 2.41. The van der Waals surface area contributed by atoms with Crippen LogP contribution in [-0.2, 0) is 6.61 Å². The number of allylic oxidation sites excluding steroid dienone is 2. The summed E-state index contributed by atoms with van der Waals surface area (Å²) in [5.41, 5.74) is 1.92. The number of carbonyl (C=O) groups excluding carboxylic acids is 1. The standard InChI is InChI=1S/C23H26N2O2/c26-22(25-15-7-13-23(18-25)11-4-1-5-12-23)20-9-2-3-10-21(20)27-17-19-8-6-14-24-16-19/h1-4,6,8-10,14,16H,5,7,11-13,15,17-18H2/t23-/m1/s1.